The Kier molecular flexibility index (Phi) is 4.77. The summed E-state index contributed by atoms with van der Waals surface area (Å²) in [5.74, 6) is -0.0288. The Morgan fingerprint density at radius 2 is 2.00 bits per heavy atom. The SMILES string of the molecule is CCc1cc(N2CCC3(CC2)[C@H](C(=O)O)CC(=O)N3C)nc(N(C)C)n1. The van der Waals surface area contributed by atoms with E-state index in [1.165, 1.54) is 0 Å². The first-order chi connectivity index (χ1) is 12.3. The fraction of sp³-hybridized carbons (Fsp3) is 0.667. The molecule has 2 fully saturated rings. The molecule has 1 aromatic rings. The van der Waals surface area contributed by atoms with Gasteiger partial charge in [-0.15, -0.1) is 0 Å². The van der Waals surface area contributed by atoms with Gasteiger partial charge in [0.05, 0.1) is 11.5 Å². The zero-order valence-electron chi connectivity index (χ0n) is 15.9. The van der Waals surface area contributed by atoms with Crippen LogP contribution < -0.4 is 9.80 Å². The Labute approximate surface area is 153 Å². The number of aryl methyl sites for hydroxylation is 1. The van der Waals surface area contributed by atoms with Gasteiger partial charge in [-0.25, -0.2) is 4.98 Å². The van der Waals surface area contributed by atoms with Crippen LogP contribution >= 0.6 is 0 Å². The van der Waals surface area contributed by atoms with Crippen LogP contribution in [0.5, 0.6) is 0 Å². The fourth-order valence-electron chi connectivity index (χ4n) is 4.12. The predicted molar refractivity (Wildman–Crippen MR) is 98.4 cm³/mol. The van der Waals surface area contributed by atoms with Gasteiger partial charge in [-0.2, -0.15) is 4.98 Å². The summed E-state index contributed by atoms with van der Waals surface area (Å²) >= 11 is 0. The van der Waals surface area contributed by atoms with Crippen LogP contribution in [0.1, 0.15) is 31.9 Å². The summed E-state index contributed by atoms with van der Waals surface area (Å²) in [7, 11) is 5.57. The summed E-state index contributed by atoms with van der Waals surface area (Å²) in [6, 6.07) is 2.00. The maximum Gasteiger partial charge on any atom is 0.309 e. The highest BCUT2D eigenvalue weighted by molar-refractivity contribution is 5.88. The first-order valence-corrected chi connectivity index (χ1v) is 9.08. The molecular weight excluding hydrogens is 334 g/mol. The number of nitrogens with zero attached hydrogens (tertiary/aromatic N) is 5. The van der Waals surface area contributed by atoms with E-state index in [1.807, 2.05) is 25.1 Å². The first kappa shape index (κ1) is 18.4. The number of amides is 1. The van der Waals surface area contributed by atoms with Crippen molar-refractivity contribution in [1.82, 2.24) is 14.9 Å². The van der Waals surface area contributed by atoms with Crippen molar-refractivity contribution in [3.05, 3.63) is 11.8 Å². The molecule has 2 saturated heterocycles. The van der Waals surface area contributed by atoms with E-state index in [4.69, 9.17) is 0 Å². The number of carbonyl (C=O) groups is 2. The molecule has 142 valence electrons. The normalized spacial score (nSPS) is 22.2. The standard InChI is InChI=1S/C18H27N5O3/c1-5-12-10-14(20-17(19-12)21(2)3)23-8-6-18(7-9-23)13(16(25)26)11-15(24)22(18)4/h10,13H,5-9,11H2,1-4H3,(H,25,26)/t13-/m0/s1. The van der Waals surface area contributed by atoms with Crippen LogP contribution in [-0.2, 0) is 16.0 Å². The lowest BCUT2D eigenvalue weighted by molar-refractivity contribution is -0.145. The third-order valence-corrected chi connectivity index (χ3v) is 5.84. The average molecular weight is 361 g/mol. The molecule has 1 atom stereocenters. The summed E-state index contributed by atoms with van der Waals surface area (Å²) in [4.78, 5) is 38.8. The van der Waals surface area contributed by atoms with Crippen molar-refractivity contribution in [2.45, 2.75) is 38.1 Å². The molecule has 8 nitrogen and oxygen atoms in total. The molecule has 8 heteroatoms. The van der Waals surface area contributed by atoms with Gasteiger partial charge in [0.15, 0.2) is 0 Å². The lowest BCUT2D eigenvalue weighted by Crippen LogP contribution is -2.56. The van der Waals surface area contributed by atoms with Crippen LogP contribution in [0, 0.1) is 5.92 Å². The molecule has 1 N–H and O–H groups in total. The van der Waals surface area contributed by atoms with Crippen molar-refractivity contribution in [3.63, 3.8) is 0 Å². The summed E-state index contributed by atoms with van der Waals surface area (Å²) in [6.07, 6.45) is 2.19. The molecule has 0 aliphatic carbocycles. The van der Waals surface area contributed by atoms with E-state index in [2.05, 4.69) is 21.8 Å². The van der Waals surface area contributed by atoms with Crippen LogP contribution in [-0.4, -0.2) is 71.6 Å². The minimum absolute atomic E-state index is 0.0731. The van der Waals surface area contributed by atoms with E-state index in [1.54, 1.807) is 11.9 Å². The monoisotopic (exact) mass is 361 g/mol. The summed E-state index contributed by atoms with van der Waals surface area (Å²) < 4.78 is 0. The Morgan fingerprint density at radius 3 is 2.54 bits per heavy atom. The number of carboxylic acids is 1. The molecule has 2 aliphatic rings. The maximum absolute atomic E-state index is 12.1. The molecule has 3 heterocycles. The van der Waals surface area contributed by atoms with Gasteiger partial charge in [0, 0.05) is 52.4 Å². The van der Waals surface area contributed by atoms with E-state index in [-0.39, 0.29) is 12.3 Å². The molecule has 0 saturated carbocycles. The zero-order valence-corrected chi connectivity index (χ0v) is 15.9. The second-order valence-corrected chi connectivity index (χ2v) is 7.40. The number of aliphatic carboxylic acids is 1. The van der Waals surface area contributed by atoms with E-state index >= 15 is 0 Å². The Hall–Kier alpha value is -2.38. The van der Waals surface area contributed by atoms with Crippen LogP contribution in [0.4, 0.5) is 11.8 Å². The molecule has 1 amide bonds. The van der Waals surface area contributed by atoms with Crippen molar-refractivity contribution >= 4 is 23.6 Å². The number of hydrogen-bond acceptors (Lipinski definition) is 6. The number of carboxylic acid groups (broad SMARTS) is 1. The Morgan fingerprint density at radius 1 is 1.35 bits per heavy atom. The van der Waals surface area contributed by atoms with Crippen LogP contribution in [0.25, 0.3) is 0 Å². The van der Waals surface area contributed by atoms with E-state index < -0.39 is 17.4 Å². The number of anilines is 2. The number of hydrogen-bond donors (Lipinski definition) is 1. The zero-order chi connectivity index (χ0) is 19.1. The Balaban J connectivity index is 1.83. The van der Waals surface area contributed by atoms with Gasteiger partial charge in [-0.3, -0.25) is 9.59 Å². The summed E-state index contributed by atoms with van der Waals surface area (Å²) in [5, 5.41) is 9.60. The molecule has 1 spiro atoms. The molecule has 26 heavy (non-hydrogen) atoms. The Bertz CT molecular complexity index is 713. The van der Waals surface area contributed by atoms with Gasteiger partial charge in [-0.05, 0) is 19.3 Å². The largest absolute Gasteiger partial charge is 0.481 e. The van der Waals surface area contributed by atoms with Gasteiger partial charge in [0.25, 0.3) is 0 Å². The van der Waals surface area contributed by atoms with Crippen molar-refractivity contribution in [2.75, 3.05) is 44.0 Å². The van der Waals surface area contributed by atoms with Crippen LogP contribution in [0.3, 0.4) is 0 Å². The number of aromatic nitrogens is 2. The van der Waals surface area contributed by atoms with Gasteiger partial charge in [0.1, 0.15) is 5.82 Å². The van der Waals surface area contributed by atoms with Gasteiger partial charge in [-0.1, -0.05) is 6.92 Å². The minimum atomic E-state index is -0.874. The lowest BCUT2D eigenvalue weighted by atomic mass is 9.77. The average Bonchev–Trinajstić information content (AvgIpc) is 2.87. The third kappa shape index (κ3) is 2.97. The second-order valence-electron chi connectivity index (χ2n) is 7.40. The maximum atomic E-state index is 12.1. The molecule has 0 aromatic carbocycles. The number of piperidine rings is 1. The first-order valence-electron chi connectivity index (χ1n) is 9.08. The number of likely N-dealkylation sites (tertiary alicyclic amines) is 1. The molecule has 0 unspecified atom stereocenters. The van der Waals surface area contributed by atoms with Gasteiger partial charge in [0.2, 0.25) is 11.9 Å². The molecular formula is C18H27N5O3. The molecule has 1 aromatic heterocycles. The molecule has 0 bridgehead atoms. The van der Waals surface area contributed by atoms with Gasteiger partial charge >= 0.3 is 5.97 Å². The topological polar surface area (TPSA) is 89.9 Å². The molecule has 3 rings (SSSR count). The second kappa shape index (κ2) is 6.74. The van der Waals surface area contributed by atoms with Crippen molar-refractivity contribution in [3.8, 4) is 0 Å². The smallest absolute Gasteiger partial charge is 0.309 e. The lowest BCUT2D eigenvalue weighted by Gasteiger charge is -2.45. The minimum Gasteiger partial charge on any atom is -0.481 e. The van der Waals surface area contributed by atoms with Crippen molar-refractivity contribution in [1.29, 1.82) is 0 Å². The number of rotatable bonds is 4. The van der Waals surface area contributed by atoms with Crippen molar-refractivity contribution < 1.29 is 14.7 Å². The van der Waals surface area contributed by atoms with E-state index in [9.17, 15) is 14.7 Å². The van der Waals surface area contributed by atoms with E-state index in [0.29, 0.717) is 31.9 Å². The van der Waals surface area contributed by atoms with E-state index in [0.717, 1.165) is 17.9 Å². The van der Waals surface area contributed by atoms with Crippen molar-refractivity contribution in [2.24, 2.45) is 5.92 Å². The number of carbonyl (C=O) groups excluding carboxylic acids is 1. The summed E-state index contributed by atoms with van der Waals surface area (Å²) in [5.41, 5.74) is 0.403. The van der Waals surface area contributed by atoms with Gasteiger partial charge < -0.3 is 19.8 Å². The highest BCUT2D eigenvalue weighted by atomic mass is 16.4. The predicted octanol–water partition coefficient (Wildman–Crippen LogP) is 1.01. The van der Waals surface area contributed by atoms with Crippen LogP contribution in [0.15, 0.2) is 6.07 Å². The highest BCUT2D eigenvalue weighted by Gasteiger charge is 2.55. The fourth-order valence-corrected chi connectivity index (χ4v) is 4.12. The summed E-state index contributed by atoms with van der Waals surface area (Å²) in [6.45, 7) is 3.41. The molecule has 0 radical (unpaired) electrons. The third-order valence-electron chi connectivity index (χ3n) is 5.84. The molecule has 2 aliphatic heterocycles. The highest BCUT2D eigenvalue weighted by Crippen LogP contribution is 2.43. The van der Waals surface area contributed by atoms with Crippen LogP contribution in [0.2, 0.25) is 0 Å². The quantitative estimate of drug-likeness (QED) is 0.856.